The number of hydrogen-bond donors (Lipinski definition) is 2. The molecule has 2 heterocycles. The van der Waals surface area contributed by atoms with Gasteiger partial charge >= 0.3 is 0 Å². The quantitative estimate of drug-likeness (QED) is 0.672. The molecule has 1 aliphatic rings. The van der Waals surface area contributed by atoms with Crippen LogP contribution in [-0.4, -0.2) is 11.5 Å². The van der Waals surface area contributed by atoms with Gasteiger partial charge in [0.25, 0.3) is 0 Å². The third-order valence-corrected chi connectivity index (χ3v) is 3.34. The van der Waals surface area contributed by atoms with Crippen LogP contribution in [0.3, 0.4) is 0 Å². The first-order chi connectivity index (χ1) is 7.25. The third-order valence-electron chi connectivity index (χ3n) is 3.34. The molecule has 2 N–H and O–H groups in total. The highest BCUT2D eigenvalue weighted by molar-refractivity contribution is 5.85. The first kappa shape index (κ1) is 8.98. The molecule has 0 radical (unpaired) electrons. The molecular weight excluding hydrogens is 184 g/mol. The van der Waals surface area contributed by atoms with E-state index in [1.165, 1.54) is 27.7 Å². The summed E-state index contributed by atoms with van der Waals surface area (Å²) in [7, 11) is 0. The van der Waals surface area contributed by atoms with Crippen LogP contribution in [0.5, 0.6) is 0 Å². The van der Waals surface area contributed by atoms with Gasteiger partial charge in [0, 0.05) is 35.6 Å². The van der Waals surface area contributed by atoms with E-state index < -0.39 is 0 Å². The van der Waals surface area contributed by atoms with Crippen LogP contribution >= 0.6 is 0 Å². The molecule has 1 aromatic heterocycles. The minimum Gasteiger partial charge on any atom is -0.358 e. The molecule has 1 atom stereocenters. The molecule has 78 valence electrons. The van der Waals surface area contributed by atoms with Crippen molar-refractivity contribution in [3.05, 3.63) is 35.0 Å². The van der Waals surface area contributed by atoms with Gasteiger partial charge < -0.3 is 10.3 Å². The van der Waals surface area contributed by atoms with Crippen molar-refractivity contribution in [1.29, 1.82) is 0 Å². The first-order valence-corrected chi connectivity index (χ1v) is 5.57. The van der Waals surface area contributed by atoms with E-state index >= 15 is 0 Å². The molecule has 2 nitrogen and oxygen atoms in total. The zero-order chi connectivity index (χ0) is 10.4. The summed E-state index contributed by atoms with van der Waals surface area (Å²) in [6, 6.07) is 6.64. The van der Waals surface area contributed by atoms with Gasteiger partial charge in [-0.1, -0.05) is 18.6 Å². The maximum Gasteiger partial charge on any atom is 0.0459 e. The number of H-pyrrole nitrogens is 1. The minimum atomic E-state index is 0.599. The van der Waals surface area contributed by atoms with Crippen molar-refractivity contribution in [3.8, 4) is 0 Å². The number of hydrogen-bond acceptors (Lipinski definition) is 1. The predicted molar refractivity (Wildman–Crippen MR) is 63.2 cm³/mol. The number of fused-ring (bicyclic) bond motifs is 3. The Hall–Kier alpha value is -1.28. The van der Waals surface area contributed by atoms with Gasteiger partial charge in [-0.15, -0.1) is 0 Å². The Morgan fingerprint density at radius 3 is 3.07 bits per heavy atom. The lowest BCUT2D eigenvalue weighted by molar-refractivity contribution is 0.565. The standard InChI is InChI=1S/C13H16N2/c1-8-3-4-12-10(5-8)11-7-14-6-9(2)13(11)15-12/h3-5,9,14-15H,6-7H2,1-2H3. The molecule has 1 unspecified atom stereocenters. The van der Waals surface area contributed by atoms with Crippen LogP contribution in [0.1, 0.15) is 29.7 Å². The summed E-state index contributed by atoms with van der Waals surface area (Å²) in [4.78, 5) is 3.55. The highest BCUT2D eigenvalue weighted by atomic mass is 14.9. The molecule has 0 fully saturated rings. The normalized spacial score (nSPS) is 20.5. The summed E-state index contributed by atoms with van der Waals surface area (Å²) >= 11 is 0. The van der Waals surface area contributed by atoms with Crippen LogP contribution in [0.2, 0.25) is 0 Å². The second-order valence-electron chi connectivity index (χ2n) is 4.60. The SMILES string of the molecule is Cc1ccc2[nH]c3c(c2c1)CNCC3C. The zero-order valence-corrected chi connectivity index (χ0v) is 9.22. The maximum absolute atomic E-state index is 3.55. The number of aromatic nitrogens is 1. The molecule has 2 aromatic rings. The Morgan fingerprint density at radius 2 is 2.20 bits per heavy atom. The zero-order valence-electron chi connectivity index (χ0n) is 9.22. The van der Waals surface area contributed by atoms with Crippen molar-refractivity contribution in [3.63, 3.8) is 0 Å². The van der Waals surface area contributed by atoms with Gasteiger partial charge in [0.2, 0.25) is 0 Å². The molecule has 0 amide bonds. The van der Waals surface area contributed by atoms with Gasteiger partial charge in [-0.3, -0.25) is 0 Å². The highest BCUT2D eigenvalue weighted by Gasteiger charge is 2.20. The van der Waals surface area contributed by atoms with E-state index in [0.717, 1.165) is 13.1 Å². The average molecular weight is 200 g/mol. The fourth-order valence-corrected chi connectivity index (χ4v) is 2.51. The summed E-state index contributed by atoms with van der Waals surface area (Å²) in [5.74, 6) is 0.599. The summed E-state index contributed by atoms with van der Waals surface area (Å²) in [5, 5.41) is 4.86. The lowest BCUT2D eigenvalue weighted by Gasteiger charge is -2.19. The van der Waals surface area contributed by atoms with Crippen LogP contribution in [0.25, 0.3) is 10.9 Å². The van der Waals surface area contributed by atoms with E-state index in [9.17, 15) is 0 Å². The average Bonchev–Trinajstić information content (AvgIpc) is 2.58. The number of aryl methyl sites for hydroxylation is 1. The lowest BCUT2D eigenvalue weighted by atomic mass is 9.98. The Balaban J connectivity index is 2.31. The summed E-state index contributed by atoms with van der Waals surface area (Å²) in [6.07, 6.45) is 0. The van der Waals surface area contributed by atoms with Gasteiger partial charge in [-0.2, -0.15) is 0 Å². The maximum atomic E-state index is 3.55. The van der Waals surface area contributed by atoms with E-state index in [-0.39, 0.29) is 0 Å². The Labute approximate surface area is 89.7 Å². The fraction of sp³-hybridized carbons (Fsp3) is 0.385. The van der Waals surface area contributed by atoms with E-state index in [1.54, 1.807) is 0 Å². The Bertz CT molecular complexity index is 510. The molecule has 1 aromatic carbocycles. The number of rotatable bonds is 0. The number of benzene rings is 1. The van der Waals surface area contributed by atoms with Gasteiger partial charge in [-0.25, -0.2) is 0 Å². The highest BCUT2D eigenvalue weighted by Crippen LogP contribution is 2.30. The molecule has 2 heteroatoms. The summed E-state index contributed by atoms with van der Waals surface area (Å²) < 4.78 is 0. The van der Waals surface area contributed by atoms with Crippen molar-refractivity contribution < 1.29 is 0 Å². The van der Waals surface area contributed by atoms with E-state index in [1.807, 2.05) is 0 Å². The van der Waals surface area contributed by atoms with Crippen LogP contribution in [0, 0.1) is 6.92 Å². The largest absolute Gasteiger partial charge is 0.358 e. The molecule has 0 spiro atoms. The monoisotopic (exact) mass is 200 g/mol. The second kappa shape index (κ2) is 3.11. The summed E-state index contributed by atoms with van der Waals surface area (Å²) in [6.45, 7) is 6.51. The molecule has 1 aliphatic heterocycles. The predicted octanol–water partition coefficient (Wildman–Crippen LogP) is 2.68. The number of aromatic amines is 1. The lowest BCUT2D eigenvalue weighted by Crippen LogP contribution is -2.26. The Kier molecular flexibility index (Phi) is 1.86. The molecule has 0 aliphatic carbocycles. The van der Waals surface area contributed by atoms with E-state index in [0.29, 0.717) is 5.92 Å². The fourth-order valence-electron chi connectivity index (χ4n) is 2.51. The van der Waals surface area contributed by atoms with Crippen LogP contribution in [0.4, 0.5) is 0 Å². The molecule has 0 bridgehead atoms. The van der Waals surface area contributed by atoms with Crippen molar-refractivity contribution in [2.24, 2.45) is 0 Å². The van der Waals surface area contributed by atoms with Crippen LogP contribution in [-0.2, 0) is 6.54 Å². The van der Waals surface area contributed by atoms with Gasteiger partial charge in [0.05, 0.1) is 0 Å². The minimum absolute atomic E-state index is 0.599. The van der Waals surface area contributed by atoms with Crippen LogP contribution < -0.4 is 5.32 Å². The van der Waals surface area contributed by atoms with Crippen molar-refractivity contribution in [1.82, 2.24) is 10.3 Å². The first-order valence-electron chi connectivity index (χ1n) is 5.57. The molecule has 15 heavy (non-hydrogen) atoms. The second-order valence-corrected chi connectivity index (χ2v) is 4.60. The smallest absolute Gasteiger partial charge is 0.0459 e. The van der Waals surface area contributed by atoms with Gasteiger partial charge in [-0.05, 0) is 24.6 Å². The van der Waals surface area contributed by atoms with Crippen molar-refractivity contribution in [2.45, 2.75) is 26.3 Å². The number of nitrogens with one attached hydrogen (secondary N) is 2. The molecule has 3 rings (SSSR count). The molecular formula is C13H16N2. The van der Waals surface area contributed by atoms with E-state index in [4.69, 9.17) is 0 Å². The van der Waals surface area contributed by atoms with Crippen LogP contribution in [0.15, 0.2) is 18.2 Å². The molecule has 0 saturated heterocycles. The van der Waals surface area contributed by atoms with Gasteiger partial charge in [0.15, 0.2) is 0 Å². The Morgan fingerprint density at radius 1 is 1.33 bits per heavy atom. The molecule has 0 saturated carbocycles. The van der Waals surface area contributed by atoms with Gasteiger partial charge in [0.1, 0.15) is 0 Å². The topological polar surface area (TPSA) is 27.8 Å². The summed E-state index contributed by atoms with van der Waals surface area (Å²) in [5.41, 5.74) is 5.51. The van der Waals surface area contributed by atoms with E-state index in [2.05, 4.69) is 42.3 Å². The van der Waals surface area contributed by atoms with Crippen molar-refractivity contribution in [2.75, 3.05) is 6.54 Å². The van der Waals surface area contributed by atoms with Crippen molar-refractivity contribution >= 4 is 10.9 Å². The third kappa shape index (κ3) is 1.29.